The molecule has 0 aromatic heterocycles. The van der Waals surface area contributed by atoms with Gasteiger partial charge in [0.25, 0.3) is 5.91 Å². The fourth-order valence-corrected chi connectivity index (χ4v) is 2.36. The van der Waals surface area contributed by atoms with Crippen LogP contribution in [0.2, 0.25) is 0 Å². The first-order chi connectivity index (χ1) is 13.4. The van der Waals surface area contributed by atoms with Crippen LogP contribution in [0, 0.1) is 6.92 Å². The molecule has 148 valence electrons. The highest BCUT2D eigenvalue weighted by Crippen LogP contribution is 2.17. The summed E-state index contributed by atoms with van der Waals surface area (Å²) in [5.74, 6) is -1.25. The Balaban J connectivity index is 1.88. The lowest BCUT2D eigenvalue weighted by Crippen LogP contribution is -2.30. The average molecular weight is 385 g/mol. The van der Waals surface area contributed by atoms with Crippen LogP contribution in [0.15, 0.2) is 48.5 Å². The van der Waals surface area contributed by atoms with Crippen molar-refractivity contribution in [1.29, 1.82) is 0 Å². The summed E-state index contributed by atoms with van der Waals surface area (Å²) in [6, 6.07) is 13.7. The van der Waals surface area contributed by atoms with Gasteiger partial charge in [-0.25, -0.2) is 9.59 Å². The summed E-state index contributed by atoms with van der Waals surface area (Å²) in [4.78, 5) is 36.1. The van der Waals surface area contributed by atoms with Crippen molar-refractivity contribution in [2.45, 2.75) is 26.9 Å². The van der Waals surface area contributed by atoms with Crippen LogP contribution in [0.1, 0.15) is 29.8 Å². The van der Waals surface area contributed by atoms with E-state index >= 15 is 0 Å². The van der Waals surface area contributed by atoms with E-state index in [2.05, 4.69) is 5.32 Å². The van der Waals surface area contributed by atoms with Crippen molar-refractivity contribution in [3.8, 4) is 5.75 Å². The molecule has 0 spiro atoms. The van der Waals surface area contributed by atoms with Crippen molar-refractivity contribution in [3.63, 3.8) is 0 Å². The SMILES string of the molecule is CCOC(=O)c1ccccc1NC(=O)COC(=O)[C@@H](C)Oc1cccc(C)c1. The first-order valence-corrected chi connectivity index (χ1v) is 8.86. The molecule has 2 aromatic rings. The topological polar surface area (TPSA) is 90.9 Å². The number of carbonyl (C=O) groups excluding carboxylic acids is 3. The molecule has 0 radical (unpaired) electrons. The van der Waals surface area contributed by atoms with E-state index in [1.165, 1.54) is 6.07 Å². The van der Waals surface area contributed by atoms with Gasteiger partial charge in [-0.15, -0.1) is 0 Å². The quantitative estimate of drug-likeness (QED) is 0.702. The summed E-state index contributed by atoms with van der Waals surface area (Å²) in [7, 11) is 0. The van der Waals surface area contributed by atoms with Crippen molar-refractivity contribution in [2.75, 3.05) is 18.5 Å². The van der Waals surface area contributed by atoms with Gasteiger partial charge in [0, 0.05) is 0 Å². The van der Waals surface area contributed by atoms with Crippen molar-refractivity contribution < 1.29 is 28.6 Å². The second-order valence-electron chi connectivity index (χ2n) is 6.00. The molecule has 7 heteroatoms. The highest BCUT2D eigenvalue weighted by molar-refractivity contribution is 6.01. The smallest absolute Gasteiger partial charge is 0.347 e. The number of esters is 2. The van der Waals surface area contributed by atoms with Crippen molar-refractivity contribution in [2.24, 2.45) is 0 Å². The van der Waals surface area contributed by atoms with Gasteiger partial charge in [-0.2, -0.15) is 0 Å². The summed E-state index contributed by atoms with van der Waals surface area (Å²) >= 11 is 0. The van der Waals surface area contributed by atoms with Crippen LogP contribution in [-0.4, -0.2) is 37.2 Å². The van der Waals surface area contributed by atoms with E-state index in [4.69, 9.17) is 14.2 Å². The number of nitrogens with one attached hydrogen (secondary N) is 1. The highest BCUT2D eigenvalue weighted by Gasteiger charge is 2.19. The molecule has 0 bridgehead atoms. The van der Waals surface area contributed by atoms with E-state index < -0.39 is 30.6 Å². The van der Waals surface area contributed by atoms with Crippen LogP contribution in [-0.2, 0) is 19.1 Å². The van der Waals surface area contributed by atoms with Gasteiger partial charge in [0.2, 0.25) is 0 Å². The third-order valence-electron chi connectivity index (χ3n) is 3.68. The average Bonchev–Trinajstić information content (AvgIpc) is 2.66. The Morgan fingerprint density at radius 2 is 1.79 bits per heavy atom. The Kier molecular flexibility index (Phi) is 7.56. The Morgan fingerprint density at radius 3 is 2.50 bits per heavy atom. The van der Waals surface area contributed by atoms with Crippen LogP contribution < -0.4 is 10.1 Å². The molecule has 0 aliphatic rings. The number of rotatable bonds is 8. The van der Waals surface area contributed by atoms with Crippen LogP contribution in [0.5, 0.6) is 5.75 Å². The van der Waals surface area contributed by atoms with E-state index in [0.29, 0.717) is 5.75 Å². The molecule has 0 heterocycles. The van der Waals surface area contributed by atoms with Gasteiger partial charge in [-0.3, -0.25) is 4.79 Å². The fraction of sp³-hybridized carbons (Fsp3) is 0.286. The molecule has 2 rings (SSSR count). The number of anilines is 1. The Morgan fingerprint density at radius 1 is 1.04 bits per heavy atom. The highest BCUT2D eigenvalue weighted by atomic mass is 16.6. The fourth-order valence-electron chi connectivity index (χ4n) is 2.36. The number of para-hydroxylation sites is 1. The maximum absolute atomic E-state index is 12.1. The monoisotopic (exact) mass is 385 g/mol. The second-order valence-corrected chi connectivity index (χ2v) is 6.00. The molecule has 0 saturated carbocycles. The lowest BCUT2D eigenvalue weighted by Gasteiger charge is -2.14. The second kappa shape index (κ2) is 10.1. The van der Waals surface area contributed by atoms with Crippen molar-refractivity contribution in [3.05, 3.63) is 59.7 Å². The molecule has 28 heavy (non-hydrogen) atoms. The Labute approximate surface area is 163 Å². The zero-order valence-corrected chi connectivity index (χ0v) is 16.1. The van der Waals surface area contributed by atoms with Gasteiger partial charge in [0.05, 0.1) is 17.9 Å². The van der Waals surface area contributed by atoms with Crippen molar-refractivity contribution >= 4 is 23.5 Å². The molecule has 0 aliphatic carbocycles. The summed E-state index contributed by atoms with van der Waals surface area (Å²) < 4.78 is 15.5. The predicted octanol–water partition coefficient (Wildman–Crippen LogP) is 3.12. The number of ether oxygens (including phenoxy) is 3. The molecule has 0 fully saturated rings. The Bertz CT molecular complexity index is 848. The van der Waals surface area contributed by atoms with E-state index in [9.17, 15) is 14.4 Å². The maximum atomic E-state index is 12.1. The lowest BCUT2D eigenvalue weighted by molar-refractivity contribution is -0.153. The van der Waals surface area contributed by atoms with Crippen molar-refractivity contribution in [1.82, 2.24) is 0 Å². The molecule has 1 N–H and O–H groups in total. The van der Waals surface area contributed by atoms with E-state index in [-0.39, 0.29) is 17.9 Å². The first-order valence-electron chi connectivity index (χ1n) is 8.86. The first kappa shape index (κ1) is 21.0. The van der Waals surface area contributed by atoms with E-state index in [1.54, 1.807) is 44.2 Å². The predicted molar refractivity (Wildman–Crippen MR) is 103 cm³/mol. The molecule has 2 aromatic carbocycles. The largest absolute Gasteiger partial charge is 0.479 e. The summed E-state index contributed by atoms with van der Waals surface area (Å²) in [5, 5.41) is 2.54. The van der Waals surface area contributed by atoms with Gasteiger partial charge in [-0.05, 0) is 50.6 Å². The minimum atomic E-state index is -0.874. The van der Waals surface area contributed by atoms with Crippen LogP contribution in [0.3, 0.4) is 0 Å². The van der Waals surface area contributed by atoms with E-state index in [1.807, 2.05) is 19.1 Å². The molecule has 0 unspecified atom stereocenters. The third-order valence-corrected chi connectivity index (χ3v) is 3.68. The molecule has 1 amide bonds. The number of hydrogen-bond acceptors (Lipinski definition) is 6. The zero-order chi connectivity index (χ0) is 20.5. The van der Waals surface area contributed by atoms with Gasteiger partial charge < -0.3 is 19.5 Å². The van der Waals surface area contributed by atoms with Gasteiger partial charge in [0.1, 0.15) is 5.75 Å². The van der Waals surface area contributed by atoms with E-state index in [0.717, 1.165) is 5.56 Å². The lowest BCUT2D eigenvalue weighted by atomic mass is 10.2. The molecular weight excluding hydrogens is 362 g/mol. The van der Waals surface area contributed by atoms with Crippen LogP contribution >= 0.6 is 0 Å². The molecule has 1 atom stereocenters. The van der Waals surface area contributed by atoms with Crippen LogP contribution in [0.4, 0.5) is 5.69 Å². The summed E-state index contributed by atoms with van der Waals surface area (Å²) in [5.41, 5.74) is 1.50. The van der Waals surface area contributed by atoms with Crippen LogP contribution in [0.25, 0.3) is 0 Å². The molecular formula is C21H23NO6. The number of benzene rings is 2. The Hall–Kier alpha value is -3.35. The zero-order valence-electron chi connectivity index (χ0n) is 16.1. The minimum absolute atomic E-state index is 0.220. The standard InChI is InChI=1S/C21H23NO6/c1-4-26-21(25)17-10-5-6-11-18(17)22-19(23)13-27-20(24)15(3)28-16-9-7-8-14(2)12-16/h5-12,15H,4,13H2,1-3H3,(H,22,23)/t15-/m1/s1. The number of hydrogen-bond donors (Lipinski definition) is 1. The van der Waals surface area contributed by atoms with Gasteiger partial charge >= 0.3 is 11.9 Å². The van der Waals surface area contributed by atoms with Gasteiger partial charge in [-0.1, -0.05) is 24.3 Å². The maximum Gasteiger partial charge on any atom is 0.347 e. The normalized spacial score (nSPS) is 11.2. The molecule has 0 saturated heterocycles. The number of aryl methyl sites for hydroxylation is 1. The summed E-state index contributed by atoms with van der Waals surface area (Å²) in [6.07, 6.45) is -0.874. The minimum Gasteiger partial charge on any atom is -0.479 e. The van der Waals surface area contributed by atoms with Gasteiger partial charge in [0.15, 0.2) is 12.7 Å². The molecule has 7 nitrogen and oxygen atoms in total. The summed E-state index contributed by atoms with van der Waals surface area (Å²) in [6.45, 7) is 4.86. The number of carbonyl (C=O) groups is 3. The number of amides is 1. The molecule has 0 aliphatic heterocycles. The third kappa shape index (κ3) is 6.12.